The number of carbonyl (C=O) groups is 2. The van der Waals surface area contributed by atoms with E-state index in [-0.39, 0.29) is 24.9 Å². The summed E-state index contributed by atoms with van der Waals surface area (Å²) in [5.41, 5.74) is 4.56. The smallest absolute Gasteiger partial charge is 0.246 e. The number of para-hydroxylation sites is 2. The summed E-state index contributed by atoms with van der Waals surface area (Å²) in [5, 5.41) is 5.96. The predicted octanol–water partition coefficient (Wildman–Crippen LogP) is 2.70. The van der Waals surface area contributed by atoms with Gasteiger partial charge < -0.3 is 10.6 Å². The molecule has 1 aliphatic heterocycles. The Morgan fingerprint density at radius 1 is 1.22 bits per heavy atom. The summed E-state index contributed by atoms with van der Waals surface area (Å²) in [4.78, 5) is 25.9. The van der Waals surface area contributed by atoms with Crippen molar-refractivity contribution in [3.8, 4) is 0 Å². The Balaban J connectivity index is 1.76. The molecule has 1 aliphatic rings. The minimum absolute atomic E-state index is 0.0460. The SMILES string of the molecule is Cc1ccc(C)c(NCC(=O)N2CC(=O)Nc3ccccc32)c1. The zero-order valence-electron chi connectivity index (χ0n) is 13.2. The van der Waals surface area contributed by atoms with Gasteiger partial charge in [-0.1, -0.05) is 24.3 Å². The van der Waals surface area contributed by atoms with Gasteiger partial charge in [0.15, 0.2) is 0 Å². The van der Waals surface area contributed by atoms with Crippen LogP contribution in [0.25, 0.3) is 0 Å². The Hall–Kier alpha value is -2.82. The predicted molar refractivity (Wildman–Crippen MR) is 91.8 cm³/mol. The maximum atomic E-state index is 12.6. The second-order valence-electron chi connectivity index (χ2n) is 5.72. The number of benzene rings is 2. The maximum Gasteiger partial charge on any atom is 0.246 e. The molecule has 5 nitrogen and oxygen atoms in total. The highest BCUT2D eigenvalue weighted by Gasteiger charge is 2.26. The molecule has 5 heteroatoms. The van der Waals surface area contributed by atoms with Crippen molar-refractivity contribution in [1.82, 2.24) is 0 Å². The molecule has 3 rings (SSSR count). The van der Waals surface area contributed by atoms with Gasteiger partial charge in [-0.15, -0.1) is 0 Å². The van der Waals surface area contributed by atoms with E-state index in [1.807, 2.05) is 50.2 Å². The first-order valence-electron chi connectivity index (χ1n) is 7.55. The Morgan fingerprint density at radius 3 is 2.83 bits per heavy atom. The van der Waals surface area contributed by atoms with E-state index >= 15 is 0 Å². The van der Waals surface area contributed by atoms with E-state index in [1.54, 1.807) is 6.07 Å². The largest absolute Gasteiger partial charge is 0.376 e. The Morgan fingerprint density at radius 2 is 2.00 bits per heavy atom. The van der Waals surface area contributed by atoms with Crippen LogP contribution >= 0.6 is 0 Å². The molecule has 0 aromatic heterocycles. The van der Waals surface area contributed by atoms with Gasteiger partial charge in [0, 0.05) is 5.69 Å². The number of carbonyl (C=O) groups excluding carboxylic acids is 2. The average molecular weight is 309 g/mol. The van der Waals surface area contributed by atoms with Crippen LogP contribution < -0.4 is 15.5 Å². The maximum absolute atomic E-state index is 12.6. The van der Waals surface area contributed by atoms with Gasteiger partial charge in [0.2, 0.25) is 11.8 Å². The summed E-state index contributed by atoms with van der Waals surface area (Å²) in [6, 6.07) is 13.4. The first-order valence-corrected chi connectivity index (χ1v) is 7.55. The highest BCUT2D eigenvalue weighted by atomic mass is 16.2. The molecular weight excluding hydrogens is 290 g/mol. The van der Waals surface area contributed by atoms with E-state index in [0.29, 0.717) is 5.69 Å². The van der Waals surface area contributed by atoms with E-state index in [0.717, 1.165) is 22.5 Å². The third-order valence-electron chi connectivity index (χ3n) is 3.89. The minimum Gasteiger partial charge on any atom is -0.376 e. The molecule has 0 unspecified atom stereocenters. The Kier molecular flexibility index (Phi) is 4.02. The summed E-state index contributed by atoms with van der Waals surface area (Å²) in [5.74, 6) is -0.308. The third kappa shape index (κ3) is 3.18. The van der Waals surface area contributed by atoms with Crippen molar-refractivity contribution in [2.75, 3.05) is 28.6 Å². The van der Waals surface area contributed by atoms with Gasteiger partial charge in [-0.25, -0.2) is 0 Å². The average Bonchev–Trinajstić information content (AvgIpc) is 2.54. The summed E-state index contributed by atoms with van der Waals surface area (Å²) in [6.45, 7) is 4.20. The zero-order chi connectivity index (χ0) is 16.4. The van der Waals surface area contributed by atoms with Crippen LogP contribution in [0.15, 0.2) is 42.5 Å². The lowest BCUT2D eigenvalue weighted by Gasteiger charge is -2.29. The molecule has 0 bridgehead atoms. The Labute approximate surface area is 135 Å². The number of nitrogens with one attached hydrogen (secondary N) is 2. The van der Waals surface area contributed by atoms with Crippen molar-refractivity contribution in [1.29, 1.82) is 0 Å². The Bertz CT molecular complexity index is 771. The second kappa shape index (κ2) is 6.12. The van der Waals surface area contributed by atoms with Crippen LogP contribution in [0.3, 0.4) is 0 Å². The van der Waals surface area contributed by atoms with Crippen molar-refractivity contribution < 1.29 is 9.59 Å². The summed E-state index contributed by atoms with van der Waals surface area (Å²) >= 11 is 0. The molecule has 0 fully saturated rings. The van der Waals surface area contributed by atoms with Crippen LogP contribution in [0, 0.1) is 13.8 Å². The first-order chi connectivity index (χ1) is 11.0. The number of hydrogen-bond donors (Lipinski definition) is 2. The van der Waals surface area contributed by atoms with Crippen LogP contribution in [-0.2, 0) is 9.59 Å². The van der Waals surface area contributed by atoms with Gasteiger partial charge in [0.25, 0.3) is 0 Å². The highest BCUT2D eigenvalue weighted by molar-refractivity contribution is 6.10. The van der Waals surface area contributed by atoms with Gasteiger partial charge in [0.05, 0.1) is 17.9 Å². The molecule has 0 spiro atoms. The fraction of sp³-hybridized carbons (Fsp3) is 0.222. The molecule has 0 saturated carbocycles. The van der Waals surface area contributed by atoms with E-state index < -0.39 is 0 Å². The monoisotopic (exact) mass is 309 g/mol. The lowest BCUT2D eigenvalue weighted by molar-refractivity contribution is -0.120. The van der Waals surface area contributed by atoms with Crippen LogP contribution in [0.5, 0.6) is 0 Å². The van der Waals surface area contributed by atoms with Gasteiger partial charge >= 0.3 is 0 Å². The normalized spacial score (nSPS) is 13.3. The zero-order valence-corrected chi connectivity index (χ0v) is 13.2. The molecule has 0 saturated heterocycles. The molecule has 2 amide bonds. The van der Waals surface area contributed by atoms with Gasteiger partial charge in [-0.05, 0) is 43.2 Å². The van der Waals surface area contributed by atoms with Gasteiger partial charge in [0.1, 0.15) is 6.54 Å². The number of amides is 2. The molecule has 2 N–H and O–H groups in total. The van der Waals surface area contributed by atoms with Gasteiger partial charge in [-0.3, -0.25) is 14.5 Å². The summed E-state index contributed by atoms with van der Waals surface area (Å²) < 4.78 is 0. The summed E-state index contributed by atoms with van der Waals surface area (Å²) in [6.07, 6.45) is 0. The van der Waals surface area contributed by atoms with Crippen molar-refractivity contribution in [3.05, 3.63) is 53.6 Å². The quantitative estimate of drug-likeness (QED) is 0.916. The second-order valence-corrected chi connectivity index (χ2v) is 5.72. The molecule has 2 aromatic carbocycles. The molecule has 2 aromatic rings. The highest BCUT2D eigenvalue weighted by Crippen LogP contribution is 2.29. The van der Waals surface area contributed by atoms with Crippen LogP contribution in [-0.4, -0.2) is 24.9 Å². The molecule has 118 valence electrons. The number of hydrogen-bond acceptors (Lipinski definition) is 3. The van der Waals surface area contributed by atoms with E-state index in [2.05, 4.69) is 10.6 Å². The molecule has 1 heterocycles. The number of fused-ring (bicyclic) bond motifs is 1. The fourth-order valence-electron chi connectivity index (χ4n) is 2.65. The fourth-order valence-corrected chi connectivity index (χ4v) is 2.65. The van der Waals surface area contributed by atoms with Crippen molar-refractivity contribution in [2.45, 2.75) is 13.8 Å². The molecular formula is C18H19N3O2. The van der Waals surface area contributed by atoms with Crippen LogP contribution in [0.4, 0.5) is 17.1 Å². The number of anilines is 3. The number of rotatable bonds is 3. The lowest BCUT2D eigenvalue weighted by atomic mass is 10.1. The minimum atomic E-state index is -0.177. The van der Waals surface area contributed by atoms with E-state index in [9.17, 15) is 9.59 Å². The third-order valence-corrected chi connectivity index (χ3v) is 3.89. The number of aryl methyl sites for hydroxylation is 2. The summed E-state index contributed by atoms with van der Waals surface area (Å²) in [7, 11) is 0. The lowest BCUT2D eigenvalue weighted by Crippen LogP contribution is -2.44. The molecule has 23 heavy (non-hydrogen) atoms. The van der Waals surface area contributed by atoms with Crippen LogP contribution in [0.2, 0.25) is 0 Å². The van der Waals surface area contributed by atoms with E-state index in [1.165, 1.54) is 4.90 Å². The molecule has 0 aliphatic carbocycles. The standard InChI is InChI=1S/C18H19N3O2/c1-12-7-8-13(2)15(9-12)19-10-18(23)21-11-17(22)20-14-5-3-4-6-16(14)21/h3-9,19H,10-11H2,1-2H3,(H,20,22). The van der Waals surface area contributed by atoms with Crippen LogP contribution in [0.1, 0.15) is 11.1 Å². The van der Waals surface area contributed by atoms with E-state index in [4.69, 9.17) is 0 Å². The number of nitrogens with zero attached hydrogens (tertiary/aromatic N) is 1. The van der Waals surface area contributed by atoms with Crippen molar-refractivity contribution in [3.63, 3.8) is 0 Å². The van der Waals surface area contributed by atoms with Crippen molar-refractivity contribution >= 4 is 28.9 Å². The molecule has 0 atom stereocenters. The first kappa shape index (κ1) is 15.1. The van der Waals surface area contributed by atoms with Crippen molar-refractivity contribution in [2.24, 2.45) is 0 Å². The van der Waals surface area contributed by atoms with Gasteiger partial charge in [-0.2, -0.15) is 0 Å². The molecule has 0 radical (unpaired) electrons. The topological polar surface area (TPSA) is 61.4 Å².